The highest BCUT2D eigenvalue weighted by molar-refractivity contribution is 5.80. The lowest BCUT2D eigenvalue weighted by Gasteiger charge is -2.05. The maximum Gasteiger partial charge on any atom is 0.338 e. The van der Waals surface area contributed by atoms with Crippen LogP contribution >= 0.6 is 0 Å². The Kier molecular flexibility index (Phi) is 10.2. The number of unbranched alkanes of at least 4 members (excludes halogenated alkanes) is 10. The van der Waals surface area contributed by atoms with E-state index in [2.05, 4.69) is 19.1 Å². The number of carboxylic acid groups (broad SMARTS) is 1. The fraction of sp³-hybridized carbons (Fsp3) is 0.842. The van der Waals surface area contributed by atoms with Gasteiger partial charge in [-0.1, -0.05) is 64.0 Å². The van der Waals surface area contributed by atoms with E-state index in [4.69, 9.17) is 9.84 Å². The van der Waals surface area contributed by atoms with Gasteiger partial charge in [0.2, 0.25) is 0 Å². The van der Waals surface area contributed by atoms with Gasteiger partial charge in [-0.25, -0.2) is 4.79 Å². The molecule has 0 aliphatic carbocycles. The Morgan fingerprint density at radius 2 is 1.45 bits per heavy atom. The van der Waals surface area contributed by atoms with Crippen LogP contribution in [0.25, 0.3) is 0 Å². The predicted octanol–water partition coefficient (Wildman–Crippen LogP) is 5.49. The Morgan fingerprint density at radius 3 is 1.95 bits per heavy atom. The van der Waals surface area contributed by atoms with Crippen LogP contribution in [0.5, 0.6) is 0 Å². The monoisotopic (exact) mass is 310 g/mol. The number of carboxylic acids is 1. The molecule has 1 aliphatic heterocycles. The standard InChI is InChI=1S/C19H34O3/c1-2-3-4-5-6-7-8-9-10-11-12-13-14-15-16-19(17-22-19)18(20)21/h9-10H,2-8,11-17H2,1H3,(H,20,21)/b10-9-. The van der Waals surface area contributed by atoms with Crippen molar-refractivity contribution in [3.63, 3.8) is 0 Å². The molecule has 1 atom stereocenters. The topological polar surface area (TPSA) is 49.8 Å². The second kappa shape index (κ2) is 11.7. The van der Waals surface area contributed by atoms with E-state index < -0.39 is 11.6 Å². The minimum Gasteiger partial charge on any atom is -0.479 e. The molecule has 1 saturated heterocycles. The fourth-order valence-electron chi connectivity index (χ4n) is 2.77. The number of hydrogen-bond acceptors (Lipinski definition) is 2. The molecule has 1 unspecified atom stereocenters. The first-order chi connectivity index (χ1) is 10.7. The summed E-state index contributed by atoms with van der Waals surface area (Å²) >= 11 is 0. The van der Waals surface area contributed by atoms with Gasteiger partial charge in [0.1, 0.15) is 0 Å². The minimum absolute atomic E-state index is 0.406. The normalized spacial score (nSPS) is 20.6. The van der Waals surface area contributed by atoms with E-state index in [9.17, 15) is 4.79 Å². The van der Waals surface area contributed by atoms with Crippen LogP contribution in [0.1, 0.15) is 90.4 Å². The zero-order valence-electron chi connectivity index (χ0n) is 14.3. The van der Waals surface area contributed by atoms with E-state index in [1.165, 1.54) is 57.8 Å². The summed E-state index contributed by atoms with van der Waals surface area (Å²) in [6, 6.07) is 0. The SMILES string of the molecule is CCCCCCCC/C=C\CCCCCCC1(C(=O)O)CO1. The van der Waals surface area contributed by atoms with Crippen molar-refractivity contribution in [1.29, 1.82) is 0 Å². The van der Waals surface area contributed by atoms with E-state index in [0.717, 1.165) is 19.3 Å². The number of carbonyl (C=O) groups is 1. The molecule has 1 fully saturated rings. The number of aliphatic carboxylic acids is 1. The first-order valence-electron chi connectivity index (χ1n) is 9.23. The molecule has 3 nitrogen and oxygen atoms in total. The highest BCUT2D eigenvalue weighted by atomic mass is 16.6. The summed E-state index contributed by atoms with van der Waals surface area (Å²) in [6.07, 6.45) is 20.4. The molecule has 0 saturated carbocycles. The molecular weight excluding hydrogens is 276 g/mol. The molecule has 1 heterocycles. The van der Waals surface area contributed by atoms with Gasteiger partial charge in [-0.2, -0.15) is 0 Å². The van der Waals surface area contributed by atoms with Crippen molar-refractivity contribution in [2.24, 2.45) is 0 Å². The lowest BCUT2D eigenvalue weighted by atomic mass is 10.0. The van der Waals surface area contributed by atoms with Crippen LogP contribution in [0.15, 0.2) is 12.2 Å². The Balaban J connectivity index is 1.79. The summed E-state index contributed by atoms with van der Waals surface area (Å²) < 4.78 is 5.06. The van der Waals surface area contributed by atoms with E-state index in [1.54, 1.807) is 0 Å². The first kappa shape index (κ1) is 19.2. The maximum absolute atomic E-state index is 10.9. The van der Waals surface area contributed by atoms with Crippen LogP contribution in [0.4, 0.5) is 0 Å². The summed E-state index contributed by atoms with van der Waals surface area (Å²) in [4.78, 5) is 10.9. The summed E-state index contributed by atoms with van der Waals surface area (Å²) in [5, 5.41) is 8.97. The number of allylic oxidation sites excluding steroid dienone is 2. The predicted molar refractivity (Wildman–Crippen MR) is 91.2 cm³/mol. The van der Waals surface area contributed by atoms with Crippen LogP contribution in [0, 0.1) is 0 Å². The van der Waals surface area contributed by atoms with Crippen LogP contribution in [-0.4, -0.2) is 23.3 Å². The third-order valence-corrected chi connectivity index (χ3v) is 4.47. The van der Waals surface area contributed by atoms with Gasteiger partial charge in [0.25, 0.3) is 0 Å². The quantitative estimate of drug-likeness (QED) is 0.247. The van der Waals surface area contributed by atoms with Crippen LogP contribution in [0.3, 0.4) is 0 Å². The first-order valence-corrected chi connectivity index (χ1v) is 9.23. The number of hydrogen-bond donors (Lipinski definition) is 1. The van der Waals surface area contributed by atoms with Crippen molar-refractivity contribution in [2.75, 3.05) is 6.61 Å². The summed E-state index contributed by atoms with van der Waals surface area (Å²) in [5.41, 5.74) is -0.809. The molecule has 0 bridgehead atoms. The molecule has 0 amide bonds. The molecule has 0 aromatic carbocycles. The fourth-order valence-corrected chi connectivity index (χ4v) is 2.77. The number of ether oxygens (including phenoxy) is 1. The average molecular weight is 310 g/mol. The zero-order chi connectivity index (χ0) is 16.1. The van der Waals surface area contributed by atoms with E-state index in [-0.39, 0.29) is 0 Å². The van der Waals surface area contributed by atoms with Gasteiger partial charge in [0.15, 0.2) is 5.60 Å². The van der Waals surface area contributed by atoms with Gasteiger partial charge in [-0.05, 0) is 38.5 Å². The van der Waals surface area contributed by atoms with Crippen molar-refractivity contribution >= 4 is 5.97 Å². The van der Waals surface area contributed by atoms with Gasteiger partial charge in [-0.15, -0.1) is 0 Å². The third kappa shape index (κ3) is 8.57. The zero-order valence-corrected chi connectivity index (χ0v) is 14.3. The van der Waals surface area contributed by atoms with Gasteiger partial charge in [0, 0.05) is 0 Å². The average Bonchev–Trinajstić information content (AvgIpc) is 3.29. The lowest BCUT2D eigenvalue weighted by molar-refractivity contribution is -0.143. The van der Waals surface area contributed by atoms with Crippen molar-refractivity contribution in [1.82, 2.24) is 0 Å². The molecule has 0 spiro atoms. The lowest BCUT2D eigenvalue weighted by Crippen LogP contribution is -2.23. The summed E-state index contributed by atoms with van der Waals surface area (Å²) in [7, 11) is 0. The second-order valence-electron chi connectivity index (χ2n) is 6.57. The van der Waals surface area contributed by atoms with Gasteiger partial charge >= 0.3 is 5.97 Å². The second-order valence-corrected chi connectivity index (χ2v) is 6.57. The van der Waals surface area contributed by atoms with Crippen molar-refractivity contribution < 1.29 is 14.6 Å². The summed E-state index contributed by atoms with van der Waals surface area (Å²) in [6.45, 7) is 2.66. The number of epoxide rings is 1. The molecule has 1 N–H and O–H groups in total. The van der Waals surface area contributed by atoms with E-state index in [0.29, 0.717) is 13.0 Å². The molecule has 0 aromatic rings. The molecular formula is C19H34O3. The minimum atomic E-state index is -0.809. The maximum atomic E-state index is 10.9. The molecule has 1 rings (SSSR count). The molecule has 1 aliphatic rings. The highest BCUT2D eigenvalue weighted by Gasteiger charge is 2.51. The Bertz CT molecular complexity index is 319. The highest BCUT2D eigenvalue weighted by Crippen LogP contribution is 2.33. The van der Waals surface area contributed by atoms with Crippen molar-refractivity contribution in [3.05, 3.63) is 12.2 Å². The molecule has 0 aromatic heterocycles. The Morgan fingerprint density at radius 1 is 0.955 bits per heavy atom. The Labute approximate surface area is 136 Å². The largest absolute Gasteiger partial charge is 0.479 e. The molecule has 3 heteroatoms. The van der Waals surface area contributed by atoms with Crippen LogP contribution in [-0.2, 0) is 9.53 Å². The van der Waals surface area contributed by atoms with E-state index >= 15 is 0 Å². The smallest absolute Gasteiger partial charge is 0.338 e. The molecule has 0 radical (unpaired) electrons. The molecule has 128 valence electrons. The third-order valence-electron chi connectivity index (χ3n) is 4.47. The van der Waals surface area contributed by atoms with Crippen LogP contribution in [0.2, 0.25) is 0 Å². The van der Waals surface area contributed by atoms with Crippen molar-refractivity contribution in [2.45, 2.75) is 96.0 Å². The number of rotatable bonds is 15. The van der Waals surface area contributed by atoms with Crippen LogP contribution < -0.4 is 0 Å². The van der Waals surface area contributed by atoms with Gasteiger partial charge in [0.05, 0.1) is 6.61 Å². The van der Waals surface area contributed by atoms with Gasteiger partial charge in [-0.3, -0.25) is 0 Å². The summed E-state index contributed by atoms with van der Waals surface area (Å²) in [5.74, 6) is -0.787. The van der Waals surface area contributed by atoms with E-state index in [1.807, 2.05) is 0 Å². The van der Waals surface area contributed by atoms with Gasteiger partial charge < -0.3 is 9.84 Å². The molecule has 22 heavy (non-hydrogen) atoms. The Hall–Kier alpha value is -0.830. The van der Waals surface area contributed by atoms with Crippen molar-refractivity contribution in [3.8, 4) is 0 Å².